The van der Waals surface area contributed by atoms with Crippen molar-refractivity contribution < 1.29 is 14.6 Å². The zero-order valence-corrected chi connectivity index (χ0v) is 15.2. The molecule has 0 aliphatic carbocycles. The highest BCUT2D eigenvalue weighted by atomic mass is 79.9. The number of aliphatic hydroxyl groups excluding tert-OH is 1. The Hall–Kier alpha value is -1.96. The number of esters is 1. The van der Waals surface area contributed by atoms with Crippen molar-refractivity contribution in [1.82, 2.24) is 14.6 Å². The molecule has 0 fully saturated rings. The molecule has 0 spiro atoms. The molecule has 6 nitrogen and oxygen atoms in total. The maximum Gasteiger partial charge on any atom is 0.339 e. The highest BCUT2D eigenvalue weighted by Crippen LogP contribution is 2.29. The summed E-state index contributed by atoms with van der Waals surface area (Å²) in [7, 11) is 1.19. The van der Waals surface area contributed by atoms with Crippen LogP contribution in [-0.4, -0.2) is 32.8 Å². The van der Waals surface area contributed by atoms with Crippen molar-refractivity contribution in [2.75, 3.05) is 7.11 Å². The molecule has 1 atom stereocenters. The van der Waals surface area contributed by atoms with Gasteiger partial charge in [-0.15, -0.1) is 0 Å². The van der Waals surface area contributed by atoms with Crippen LogP contribution in [0.15, 0.2) is 34.8 Å². The number of methoxy groups -OCH3 is 1. The van der Waals surface area contributed by atoms with Crippen molar-refractivity contribution in [3.63, 3.8) is 0 Å². The van der Waals surface area contributed by atoms with E-state index >= 15 is 0 Å². The lowest BCUT2D eigenvalue weighted by molar-refractivity contribution is -0.150. The van der Waals surface area contributed by atoms with E-state index in [1.165, 1.54) is 11.6 Å². The van der Waals surface area contributed by atoms with Crippen molar-refractivity contribution in [1.29, 1.82) is 0 Å². The van der Waals surface area contributed by atoms with Crippen LogP contribution in [0.5, 0.6) is 0 Å². The van der Waals surface area contributed by atoms with Crippen LogP contribution in [-0.2, 0) is 9.53 Å². The summed E-state index contributed by atoms with van der Waals surface area (Å²) in [5, 5.41) is 14.7. The fourth-order valence-corrected chi connectivity index (χ4v) is 3.18. The molecule has 2 heterocycles. The molecule has 0 amide bonds. The van der Waals surface area contributed by atoms with Crippen LogP contribution in [0.4, 0.5) is 0 Å². The number of hydrogen-bond donors (Lipinski definition) is 1. The number of aliphatic hydroxyl groups is 1. The molecular weight excluding hydrogens is 398 g/mol. The Bertz CT molecular complexity index is 942. The molecule has 0 aliphatic rings. The van der Waals surface area contributed by atoms with Gasteiger partial charge in [-0.05, 0) is 19.1 Å². The van der Waals surface area contributed by atoms with Gasteiger partial charge in [-0.2, -0.15) is 5.10 Å². The third kappa shape index (κ3) is 2.90. The number of carbonyl (C=O) groups excluding carboxylic acids is 1. The maximum absolute atomic E-state index is 11.6. The van der Waals surface area contributed by atoms with Crippen LogP contribution >= 0.6 is 27.5 Å². The zero-order chi connectivity index (χ0) is 17.4. The predicted molar refractivity (Wildman–Crippen MR) is 92.8 cm³/mol. The van der Waals surface area contributed by atoms with Gasteiger partial charge in [0.1, 0.15) is 5.15 Å². The minimum absolute atomic E-state index is 0.122. The molecule has 24 heavy (non-hydrogen) atoms. The average molecular weight is 411 g/mol. The van der Waals surface area contributed by atoms with Gasteiger partial charge in [0.2, 0.25) is 0 Å². The van der Waals surface area contributed by atoms with Crippen molar-refractivity contribution in [3.05, 3.63) is 51.2 Å². The molecule has 3 rings (SSSR count). The average Bonchev–Trinajstić information content (AvgIpc) is 2.98. The molecule has 0 saturated heterocycles. The molecule has 0 saturated carbocycles. The Morgan fingerprint density at radius 3 is 2.83 bits per heavy atom. The van der Waals surface area contributed by atoms with E-state index in [-0.39, 0.29) is 10.7 Å². The van der Waals surface area contributed by atoms with E-state index in [4.69, 9.17) is 11.6 Å². The predicted octanol–water partition coefficient (Wildman–Crippen LogP) is 3.33. The monoisotopic (exact) mass is 409 g/mol. The maximum atomic E-state index is 11.6. The Morgan fingerprint density at radius 2 is 2.17 bits per heavy atom. The number of halogens is 2. The van der Waals surface area contributed by atoms with Gasteiger partial charge in [0, 0.05) is 21.8 Å². The number of hydrogen-bond acceptors (Lipinski definition) is 5. The smallest absolute Gasteiger partial charge is 0.339 e. The standard InChI is InChI=1S/C16H13BrClN3O3/c1-8-13(14(22)16(23)24-2)15(18)21-12(19-8)7-11(20-21)9-4-3-5-10(17)6-9/h3-7,14,22H,1-2H3. The van der Waals surface area contributed by atoms with Crippen molar-refractivity contribution in [3.8, 4) is 11.3 Å². The fraction of sp³-hybridized carbons (Fsp3) is 0.188. The van der Waals surface area contributed by atoms with Crippen molar-refractivity contribution in [2.45, 2.75) is 13.0 Å². The van der Waals surface area contributed by atoms with Crippen LogP contribution in [0.25, 0.3) is 16.9 Å². The van der Waals surface area contributed by atoms with Crippen LogP contribution < -0.4 is 0 Å². The van der Waals surface area contributed by atoms with Crippen molar-refractivity contribution >= 4 is 39.1 Å². The van der Waals surface area contributed by atoms with Crippen LogP contribution in [0.1, 0.15) is 17.4 Å². The first-order valence-corrected chi connectivity index (χ1v) is 8.17. The third-order valence-electron chi connectivity index (χ3n) is 3.59. The number of carbonyl (C=O) groups is 1. The SMILES string of the molecule is COC(=O)C(O)c1c(C)nc2cc(-c3cccc(Br)c3)nn2c1Cl. The minimum atomic E-state index is -1.52. The first-order valence-electron chi connectivity index (χ1n) is 7.00. The van der Waals surface area contributed by atoms with E-state index in [1.807, 2.05) is 24.3 Å². The molecule has 0 aliphatic heterocycles. The fourth-order valence-electron chi connectivity index (χ4n) is 2.42. The summed E-state index contributed by atoms with van der Waals surface area (Å²) in [5.74, 6) is -0.805. The summed E-state index contributed by atoms with van der Waals surface area (Å²) < 4.78 is 6.89. The second-order valence-electron chi connectivity index (χ2n) is 5.14. The second-order valence-corrected chi connectivity index (χ2v) is 6.41. The Labute approximate surface area is 151 Å². The number of benzene rings is 1. The van der Waals surface area contributed by atoms with E-state index < -0.39 is 12.1 Å². The largest absolute Gasteiger partial charge is 0.467 e. The molecule has 0 radical (unpaired) electrons. The molecule has 2 aromatic heterocycles. The van der Waals surface area contributed by atoms with E-state index in [0.717, 1.165) is 10.0 Å². The van der Waals surface area contributed by atoms with Gasteiger partial charge in [-0.25, -0.2) is 14.3 Å². The lowest BCUT2D eigenvalue weighted by Gasteiger charge is -2.13. The molecule has 1 aromatic carbocycles. The highest BCUT2D eigenvalue weighted by molar-refractivity contribution is 9.10. The number of aromatic nitrogens is 3. The van der Waals surface area contributed by atoms with Gasteiger partial charge in [0.25, 0.3) is 0 Å². The molecule has 124 valence electrons. The molecule has 8 heteroatoms. The highest BCUT2D eigenvalue weighted by Gasteiger charge is 2.26. The first-order chi connectivity index (χ1) is 11.4. The van der Waals surface area contributed by atoms with Gasteiger partial charge in [-0.3, -0.25) is 0 Å². The van der Waals surface area contributed by atoms with Crippen molar-refractivity contribution in [2.24, 2.45) is 0 Å². The van der Waals surface area contributed by atoms with Crippen LogP contribution in [0.3, 0.4) is 0 Å². The summed E-state index contributed by atoms with van der Waals surface area (Å²) in [5.41, 5.74) is 2.70. The summed E-state index contributed by atoms with van der Waals surface area (Å²) in [6, 6.07) is 9.44. The van der Waals surface area contributed by atoms with E-state index in [9.17, 15) is 9.90 Å². The number of nitrogens with zero attached hydrogens (tertiary/aromatic N) is 3. The van der Waals surface area contributed by atoms with Gasteiger partial charge < -0.3 is 9.84 Å². The topological polar surface area (TPSA) is 76.7 Å². The molecule has 1 N–H and O–H groups in total. The second kappa shape index (κ2) is 6.51. The summed E-state index contributed by atoms with van der Waals surface area (Å²) >= 11 is 9.78. The third-order valence-corrected chi connectivity index (χ3v) is 4.45. The molecule has 1 unspecified atom stereocenters. The number of aryl methyl sites for hydroxylation is 1. The zero-order valence-electron chi connectivity index (χ0n) is 12.8. The minimum Gasteiger partial charge on any atom is -0.467 e. The normalized spacial score (nSPS) is 12.4. The Balaban J connectivity index is 2.17. The van der Waals surface area contributed by atoms with Gasteiger partial charge in [0.05, 0.1) is 18.4 Å². The van der Waals surface area contributed by atoms with Gasteiger partial charge in [0.15, 0.2) is 11.8 Å². The number of rotatable bonds is 3. The summed E-state index contributed by atoms with van der Waals surface area (Å²) in [6.07, 6.45) is -1.52. The van der Waals surface area contributed by atoms with E-state index in [1.54, 1.807) is 13.0 Å². The Kier molecular flexibility index (Phi) is 4.58. The summed E-state index contributed by atoms with van der Waals surface area (Å²) in [4.78, 5) is 16.0. The van der Waals surface area contributed by atoms with Crippen LogP contribution in [0, 0.1) is 6.92 Å². The number of fused-ring (bicyclic) bond motifs is 1. The van der Waals surface area contributed by atoms with Crippen LogP contribution in [0.2, 0.25) is 5.15 Å². The molecular formula is C16H13BrClN3O3. The van der Waals surface area contributed by atoms with E-state index in [0.29, 0.717) is 17.0 Å². The number of ether oxygens (including phenoxy) is 1. The van der Waals surface area contributed by atoms with Gasteiger partial charge >= 0.3 is 5.97 Å². The quantitative estimate of drug-likeness (QED) is 0.529. The lowest BCUT2D eigenvalue weighted by atomic mass is 10.1. The Morgan fingerprint density at radius 1 is 1.42 bits per heavy atom. The molecule has 0 bridgehead atoms. The molecule has 3 aromatic rings. The van der Waals surface area contributed by atoms with E-state index in [2.05, 4.69) is 30.7 Å². The lowest BCUT2D eigenvalue weighted by Crippen LogP contribution is -2.17. The first kappa shape index (κ1) is 16.9. The summed E-state index contributed by atoms with van der Waals surface area (Å²) in [6.45, 7) is 1.67. The van der Waals surface area contributed by atoms with Gasteiger partial charge in [-0.1, -0.05) is 39.7 Å².